The highest BCUT2D eigenvalue weighted by molar-refractivity contribution is 5.43. The van der Waals surface area contributed by atoms with E-state index in [0.717, 1.165) is 25.7 Å². The normalized spacial score (nSPS) is 22.3. The molecule has 1 fully saturated rings. The first-order valence-electron chi connectivity index (χ1n) is 6.69. The largest absolute Gasteiger partial charge is 0.481 e. The van der Waals surface area contributed by atoms with Crippen LogP contribution in [0.5, 0.6) is 11.8 Å². The number of rotatable bonds is 5. The summed E-state index contributed by atoms with van der Waals surface area (Å²) in [7, 11) is 3.34. The number of aromatic nitrogens is 1. The Labute approximate surface area is 117 Å². The highest BCUT2D eigenvalue weighted by Crippen LogP contribution is 2.31. The Bertz CT molecular complexity index is 481. The van der Waals surface area contributed by atoms with E-state index in [-0.39, 0.29) is 23.7 Å². The van der Waals surface area contributed by atoms with Gasteiger partial charge in [0, 0.05) is 18.2 Å². The number of ether oxygens (including phenoxy) is 2. The SMILES string of the molecule is CNC1CCCCC1Oc1nc(OC)ccc1[N+](=O)[O-]. The molecule has 20 heavy (non-hydrogen) atoms. The fourth-order valence-corrected chi connectivity index (χ4v) is 2.47. The number of hydrogen-bond acceptors (Lipinski definition) is 6. The predicted molar refractivity (Wildman–Crippen MR) is 73.2 cm³/mol. The second kappa shape index (κ2) is 6.51. The molecule has 1 aromatic rings. The first-order chi connectivity index (χ1) is 9.65. The molecule has 1 aliphatic carbocycles. The van der Waals surface area contributed by atoms with Gasteiger partial charge in [0.25, 0.3) is 5.88 Å². The van der Waals surface area contributed by atoms with Crippen molar-refractivity contribution in [3.63, 3.8) is 0 Å². The maximum Gasteiger partial charge on any atom is 0.331 e. The Morgan fingerprint density at radius 2 is 2.15 bits per heavy atom. The summed E-state index contributed by atoms with van der Waals surface area (Å²) in [4.78, 5) is 14.6. The molecule has 0 saturated heterocycles. The molecule has 2 unspecified atom stereocenters. The molecule has 0 aromatic carbocycles. The molecule has 1 aromatic heterocycles. The van der Waals surface area contributed by atoms with Crippen molar-refractivity contribution >= 4 is 5.69 Å². The fourth-order valence-electron chi connectivity index (χ4n) is 2.47. The van der Waals surface area contributed by atoms with E-state index in [0.29, 0.717) is 5.88 Å². The van der Waals surface area contributed by atoms with Crippen molar-refractivity contribution in [3.05, 3.63) is 22.2 Å². The summed E-state index contributed by atoms with van der Waals surface area (Å²) in [5.41, 5.74) is -0.133. The molecule has 1 heterocycles. The molecule has 110 valence electrons. The predicted octanol–water partition coefficient (Wildman–Crippen LogP) is 1.91. The quantitative estimate of drug-likeness (QED) is 0.655. The van der Waals surface area contributed by atoms with Gasteiger partial charge in [-0.05, 0) is 26.3 Å². The standard InChI is InChI=1S/C13H19N3O4/c1-14-9-5-3-4-6-11(9)20-13-10(16(17)18)7-8-12(15-13)19-2/h7-9,11,14H,3-6H2,1-2H3. The fraction of sp³-hybridized carbons (Fsp3) is 0.615. The minimum absolute atomic E-state index is 0.0292. The van der Waals surface area contributed by atoms with Crippen molar-refractivity contribution in [2.24, 2.45) is 0 Å². The molecular weight excluding hydrogens is 262 g/mol. The van der Waals surface area contributed by atoms with Crippen LogP contribution in [0.4, 0.5) is 5.69 Å². The van der Waals surface area contributed by atoms with Crippen LogP contribution in [0.25, 0.3) is 0 Å². The smallest absolute Gasteiger partial charge is 0.331 e. The van der Waals surface area contributed by atoms with Crippen LogP contribution in [0.15, 0.2) is 12.1 Å². The Kier molecular flexibility index (Phi) is 4.73. The molecule has 1 N–H and O–H groups in total. The van der Waals surface area contributed by atoms with Crippen molar-refractivity contribution in [1.82, 2.24) is 10.3 Å². The number of nitrogens with one attached hydrogen (secondary N) is 1. The van der Waals surface area contributed by atoms with Crippen LogP contribution in [0.1, 0.15) is 25.7 Å². The number of methoxy groups -OCH3 is 1. The lowest BCUT2D eigenvalue weighted by Gasteiger charge is -2.30. The number of nitro groups is 1. The molecule has 0 aliphatic heterocycles. The van der Waals surface area contributed by atoms with Crippen molar-refractivity contribution < 1.29 is 14.4 Å². The Balaban J connectivity index is 2.23. The van der Waals surface area contributed by atoms with E-state index in [4.69, 9.17) is 9.47 Å². The highest BCUT2D eigenvalue weighted by Gasteiger charge is 2.29. The zero-order valence-electron chi connectivity index (χ0n) is 11.7. The summed E-state index contributed by atoms with van der Waals surface area (Å²) in [5.74, 6) is 0.337. The second-order valence-electron chi connectivity index (χ2n) is 4.77. The van der Waals surface area contributed by atoms with Gasteiger partial charge in [0.05, 0.1) is 12.0 Å². The summed E-state index contributed by atoms with van der Waals surface area (Å²) in [6.07, 6.45) is 3.95. The van der Waals surface area contributed by atoms with Gasteiger partial charge in [-0.1, -0.05) is 6.42 Å². The Morgan fingerprint density at radius 3 is 2.80 bits per heavy atom. The molecule has 7 heteroatoms. The van der Waals surface area contributed by atoms with Gasteiger partial charge in [0.2, 0.25) is 5.88 Å². The van der Waals surface area contributed by atoms with Crippen molar-refractivity contribution in [1.29, 1.82) is 0 Å². The monoisotopic (exact) mass is 281 g/mol. The minimum Gasteiger partial charge on any atom is -0.481 e. The first kappa shape index (κ1) is 14.5. The zero-order chi connectivity index (χ0) is 14.5. The van der Waals surface area contributed by atoms with E-state index in [1.165, 1.54) is 19.2 Å². The third-order valence-corrected chi connectivity index (χ3v) is 3.56. The molecule has 7 nitrogen and oxygen atoms in total. The average Bonchev–Trinajstić information content (AvgIpc) is 2.47. The van der Waals surface area contributed by atoms with Crippen LogP contribution in [-0.4, -0.2) is 36.2 Å². The Hall–Kier alpha value is -1.89. The van der Waals surface area contributed by atoms with Gasteiger partial charge < -0.3 is 14.8 Å². The van der Waals surface area contributed by atoms with Gasteiger partial charge >= 0.3 is 5.69 Å². The van der Waals surface area contributed by atoms with E-state index < -0.39 is 4.92 Å². The Morgan fingerprint density at radius 1 is 1.40 bits per heavy atom. The van der Waals surface area contributed by atoms with Gasteiger partial charge in [-0.2, -0.15) is 4.98 Å². The summed E-state index contributed by atoms with van der Waals surface area (Å²) in [6.45, 7) is 0. The van der Waals surface area contributed by atoms with Crippen LogP contribution >= 0.6 is 0 Å². The number of pyridine rings is 1. The van der Waals surface area contributed by atoms with Crippen molar-refractivity contribution in [2.75, 3.05) is 14.2 Å². The van der Waals surface area contributed by atoms with Gasteiger partial charge in [-0.25, -0.2) is 0 Å². The molecule has 0 spiro atoms. The van der Waals surface area contributed by atoms with Gasteiger partial charge in [-0.3, -0.25) is 10.1 Å². The lowest BCUT2D eigenvalue weighted by molar-refractivity contribution is -0.386. The second-order valence-corrected chi connectivity index (χ2v) is 4.77. The molecule has 1 saturated carbocycles. The molecule has 2 rings (SSSR count). The molecule has 0 bridgehead atoms. The summed E-state index contributed by atoms with van der Waals surface area (Å²) in [5, 5.41) is 14.2. The van der Waals surface area contributed by atoms with E-state index in [1.54, 1.807) is 0 Å². The average molecular weight is 281 g/mol. The third-order valence-electron chi connectivity index (χ3n) is 3.56. The number of likely N-dealkylation sites (N-methyl/N-ethyl adjacent to an activating group) is 1. The third kappa shape index (κ3) is 3.16. The first-order valence-corrected chi connectivity index (χ1v) is 6.69. The maximum atomic E-state index is 11.0. The summed E-state index contributed by atoms with van der Waals surface area (Å²) >= 11 is 0. The van der Waals surface area contributed by atoms with Crippen LogP contribution in [-0.2, 0) is 0 Å². The van der Waals surface area contributed by atoms with E-state index >= 15 is 0 Å². The van der Waals surface area contributed by atoms with Crippen LogP contribution in [0, 0.1) is 10.1 Å². The highest BCUT2D eigenvalue weighted by atomic mass is 16.6. The zero-order valence-corrected chi connectivity index (χ0v) is 11.7. The lowest BCUT2D eigenvalue weighted by Crippen LogP contribution is -2.43. The lowest BCUT2D eigenvalue weighted by atomic mass is 9.92. The van der Waals surface area contributed by atoms with Gasteiger partial charge in [0.1, 0.15) is 6.10 Å². The van der Waals surface area contributed by atoms with Crippen molar-refractivity contribution in [3.8, 4) is 11.8 Å². The maximum absolute atomic E-state index is 11.0. The van der Waals surface area contributed by atoms with E-state index in [1.807, 2.05) is 7.05 Å². The van der Waals surface area contributed by atoms with E-state index in [9.17, 15) is 10.1 Å². The number of hydrogen-bond donors (Lipinski definition) is 1. The molecule has 0 radical (unpaired) electrons. The van der Waals surface area contributed by atoms with Crippen LogP contribution in [0.3, 0.4) is 0 Å². The topological polar surface area (TPSA) is 86.5 Å². The van der Waals surface area contributed by atoms with Crippen molar-refractivity contribution in [2.45, 2.75) is 37.8 Å². The van der Waals surface area contributed by atoms with Crippen LogP contribution < -0.4 is 14.8 Å². The van der Waals surface area contributed by atoms with Gasteiger partial charge in [-0.15, -0.1) is 0 Å². The molecule has 0 amide bonds. The van der Waals surface area contributed by atoms with Crippen LogP contribution in [0.2, 0.25) is 0 Å². The molecular formula is C13H19N3O4. The van der Waals surface area contributed by atoms with Gasteiger partial charge in [0.15, 0.2) is 0 Å². The number of nitrogens with zero attached hydrogens (tertiary/aromatic N) is 2. The summed E-state index contributed by atoms with van der Waals surface area (Å²) in [6, 6.07) is 3.01. The molecule has 2 atom stereocenters. The molecule has 1 aliphatic rings. The summed E-state index contributed by atoms with van der Waals surface area (Å²) < 4.78 is 10.8. The van der Waals surface area contributed by atoms with E-state index in [2.05, 4.69) is 10.3 Å². The minimum atomic E-state index is -0.487.